The summed E-state index contributed by atoms with van der Waals surface area (Å²) in [6.07, 6.45) is 7.93. The van der Waals surface area contributed by atoms with Crippen LogP contribution in [0, 0.1) is 24.7 Å². The largest absolute Gasteiger partial charge is 0.364 e. The Hall–Kier alpha value is -3.54. The summed E-state index contributed by atoms with van der Waals surface area (Å²) < 4.78 is 1.97. The Balaban J connectivity index is 1.40. The lowest BCUT2D eigenvalue weighted by atomic mass is 10.2. The van der Waals surface area contributed by atoms with E-state index < -0.39 is 0 Å². The minimum atomic E-state index is 0.159. The first-order valence-corrected chi connectivity index (χ1v) is 10.7. The molecule has 9 heteroatoms. The molecule has 1 aliphatic heterocycles. The van der Waals surface area contributed by atoms with Gasteiger partial charge in [-0.15, -0.1) is 0 Å². The van der Waals surface area contributed by atoms with Gasteiger partial charge in [-0.25, -0.2) is 24.9 Å². The number of carbonyl (C=O) groups excluding carboxylic acids is 1. The lowest BCUT2D eigenvalue weighted by molar-refractivity contribution is -0.131. The third-order valence-electron chi connectivity index (χ3n) is 5.72. The maximum absolute atomic E-state index is 12.3. The van der Waals surface area contributed by atoms with Gasteiger partial charge in [0.1, 0.15) is 12.2 Å². The van der Waals surface area contributed by atoms with Crippen LogP contribution in [0.1, 0.15) is 43.4 Å². The van der Waals surface area contributed by atoms with Crippen LogP contribution in [0.15, 0.2) is 18.7 Å². The number of imidazole rings is 1. The Morgan fingerprint density at radius 2 is 1.97 bits per heavy atom. The first kappa shape index (κ1) is 19.4. The average Bonchev–Trinajstić information content (AvgIpc) is 3.42. The van der Waals surface area contributed by atoms with Crippen LogP contribution in [-0.2, 0) is 11.3 Å². The van der Waals surface area contributed by atoms with E-state index in [2.05, 4.69) is 37.1 Å². The number of hydrogen-bond acceptors (Lipinski definition) is 7. The van der Waals surface area contributed by atoms with Crippen molar-refractivity contribution in [2.75, 3.05) is 18.4 Å². The summed E-state index contributed by atoms with van der Waals surface area (Å²) in [6.45, 7) is 6.06. The second-order valence-electron chi connectivity index (χ2n) is 8.03. The van der Waals surface area contributed by atoms with Crippen molar-refractivity contribution in [1.82, 2.24) is 34.4 Å². The summed E-state index contributed by atoms with van der Waals surface area (Å²) in [5, 5.41) is 3.48. The highest BCUT2D eigenvalue weighted by Gasteiger charge is 2.36. The van der Waals surface area contributed by atoms with Gasteiger partial charge in [-0.3, -0.25) is 4.79 Å². The van der Waals surface area contributed by atoms with Crippen LogP contribution < -0.4 is 5.32 Å². The number of amides is 1. The zero-order valence-electron chi connectivity index (χ0n) is 17.7. The van der Waals surface area contributed by atoms with E-state index in [4.69, 9.17) is 4.98 Å². The van der Waals surface area contributed by atoms with E-state index in [0.29, 0.717) is 42.0 Å². The average molecular weight is 416 g/mol. The Kier molecular flexibility index (Phi) is 4.98. The molecule has 1 N–H and O–H groups in total. The molecular formula is C22H24N8O. The zero-order chi connectivity index (χ0) is 21.4. The highest BCUT2D eigenvalue weighted by molar-refractivity contribution is 5.84. The van der Waals surface area contributed by atoms with Gasteiger partial charge >= 0.3 is 0 Å². The number of nitrogens with zero attached hydrogens (tertiary/aromatic N) is 7. The maximum Gasteiger partial charge on any atom is 0.225 e. The molecule has 0 bridgehead atoms. The van der Waals surface area contributed by atoms with E-state index in [1.807, 2.05) is 23.3 Å². The van der Waals surface area contributed by atoms with E-state index in [-0.39, 0.29) is 12.0 Å². The molecule has 3 aromatic heterocycles. The molecule has 2 aliphatic rings. The standard InChI is InChI=1S/C22H24N8O/c1-3-30-18(7-4-15-10-23-14(2)24-11-15)28-19-20(25-13-26-21(19)30)27-17-8-9-29(12-17)22(31)16-5-6-16/h10-11,13,16-17H,3,5-6,8-9,12H2,1-2H3,(H,25,26,27). The van der Waals surface area contributed by atoms with Gasteiger partial charge in [-0.2, -0.15) is 0 Å². The smallest absolute Gasteiger partial charge is 0.225 e. The molecule has 0 radical (unpaired) electrons. The van der Waals surface area contributed by atoms with Crippen molar-refractivity contribution >= 4 is 22.9 Å². The lowest BCUT2D eigenvalue weighted by Gasteiger charge is -2.17. The third kappa shape index (κ3) is 3.93. The zero-order valence-corrected chi connectivity index (χ0v) is 17.7. The summed E-state index contributed by atoms with van der Waals surface area (Å²) in [5.74, 6) is 8.77. The normalized spacial score (nSPS) is 18.1. The number of rotatable bonds is 4. The number of fused-ring (bicyclic) bond motifs is 1. The quantitative estimate of drug-likeness (QED) is 0.647. The summed E-state index contributed by atoms with van der Waals surface area (Å²) in [5.41, 5.74) is 2.17. The molecule has 2 fully saturated rings. The summed E-state index contributed by atoms with van der Waals surface area (Å²) >= 11 is 0. The molecule has 1 aliphatic carbocycles. The van der Waals surface area contributed by atoms with Gasteiger partial charge < -0.3 is 14.8 Å². The van der Waals surface area contributed by atoms with Crippen LogP contribution in [-0.4, -0.2) is 59.4 Å². The predicted octanol–water partition coefficient (Wildman–Crippen LogP) is 1.77. The molecule has 4 heterocycles. The van der Waals surface area contributed by atoms with E-state index in [1.54, 1.807) is 18.7 Å². The number of nitrogens with one attached hydrogen (secondary N) is 1. The molecule has 1 atom stereocenters. The van der Waals surface area contributed by atoms with Crippen molar-refractivity contribution in [2.45, 2.75) is 45.7 Å². The third-order valence-corrected chi connectivity index (χ3v) is 5.72. The first-order valence-electron chi connectivity index (χ1n) is 10.7. The minimum Gasteiger partial charge on any atom is -0.364 e. The van der Waals surface area contributed by atoms with Crippen molar-refractivity contribution in [1.29, 1.82) is 0 Å². The van der Waals surface area contributed by atoms with Crippen LogP contribution in [0.5, 0.6) is 0 Å². The SMILES string of the molecule is CCn1c(C#Cc2cnc(C)nc2)nc2c(NC3CCN(C(=O)C4CC4)C3)ncnc21. The Morgan fingerprint density at radius 1 is 1.16 bits per heavy atom. The van der Waals surface area contributed by atoms with E-state index >= 15 is 0 Å². The van der Waals surface area contributed by atoms with Gasteiger partial charge in [0.15, 0.2) is 22.8 Å². The van der Waals surface area contributed by atoms with Crippen LogP contribution in [0.4, 0.5) is 5.82 Å². The van der Waals surface area contributed by atoms with E-state index in [9.17, 15) is 4.79 Å². The van der Waals surface area contributed by atoms with Gasteiger partial charge in [0.2, 0.25) is 5.91 Å². The summed E-state index contributed by atoms with van der Waals surface area (Å²) in [6, 6.07) is 0.159. The lowest BCUT2D eigenvalue weighted by Crippen LogP contribution is -2.32. The number of aryl methyl sites for hydroxylation is 2. The Morgan fingerprint density at radius 3 is 2.71 bits per heavy atom. The topological polar surface area (TPSA) is 102 Å². The number of aromatic nitrogens is 6. The molecule has 5 rings (SSSR count). The molecule has 3 aromatic rings. The monoisotopic (exact) mass is 416 g/mol. The van der Waals surface area contributed by atoms with Crippen molar-refractivity contribution < 1.29 is 4.79 Å². The van der Waals surface area contributed by atoms with Crippen molar-refractivity contribution in [2.24, 2.45) is 5.92 Å². The molecule has 0 aromatic carbocycles. The van der Waals surface area contributed by atoms with Crippen LogP contribution in [0.3, 0.4) is 0 Å². The summed E-state index contributed by atoms with van der Waals surface area (Å²) in [4.78, 5) is 36.3. The predicted molar refractivity (Wildman–Crippen MR) is 115 cm³/mol. The highest BCUT2D eigenvalue weighted by Crippen LogP contribution is 2.32. The fourth-order valence-electron chi connectivity index (χ4n) is 3.88. The molecule has 158 valence electrons. The van der Waals surface area contributed by atoms with E-state index in [1.165, 1.54) is 0 Å². The Labute approximate surface area is 180 Å². The van der Waals surface area contributed by atoms with Gasteiger partial charge in [0.05, 0.1) is 5.56 Å². The van der Waals surface area contributed by atoms with Crippen LogP contribution in [0.2, 0.25) is 0 Å². The number of likely N-dealkylation sites (tertiary alicyclic amines) is 1. The molecular weight excluding hydrogens is 392 g/mol. The van der Waals surface area contributed by atoms with Gasteiger partial charge in [-0.1, -0.05) is 5.92 Å². The minimum absolute atomic E-state index is 0.159. The molecule has 1 saturated heterocycles. The first-order chi connectivity index (χ1) is 15.1. The molecule has 0 spiro atoms. The van der Waals surface area contributed by atoms with Crippen LogP contribution >= 0.6 is 0 Å². The maximum atomic E-state index is 12.3. The van der Waals surface area contributed by atoms with E-state index in [0.717, 1.165) is 37.0 Å². The summed E-state index contributed by atoms with van der Waals surface area (Å²) in [7, 11) is 0. The molecule has 1 amide bonds. The molecule has 1 saturated carbocycles. The van der Waals surface area contributed by atoms with Gasteiger partial charge in [0, 0.05) is 44.0 Å². The number of hydrogen-bond donors (Lipinski definition) is 1. The molecule has 1 unspecified atom stereocenters. The Bertz CT molecular complexity index is 1190. The van der Waals surface area contributed by atoms with Gasteiger partial charge in [-0.05, 0) is 39.0 Å². The number of carbonyl (C=O) groups is 1. The van der Waals surface area contributed by atoms with Crippen LogP contribution in [0.25, 0.3) is 11.2 Å². The fraction of sp³-hybridized carbons (Fsp3) is 0.455. The molecule has 31 heavy (non-hydrogen) atoms. The van der Waals surface area contributed by atoms with Crippen molar-refractivity contribution in [3.8, 4) is 11.8 Å². The highest BCUT2D eigenvalue weighted by atomic mass is 16.2. The van der Waals surface area contributed by atoms with Crippen molar-refractivity contribution in [3.05, 3.63) is 35.9 Å². The molecule has 9 nitrogen and oxygen atoms in total. The second kappa shape index (κ2) is 7.95. The van der Waals surface area contributed by atoms with Crippen molar-refractivity contribution in [3.63, 3.8) is 0 Å². The second-order valence-corrected chi connectivity index (χ2v) is 8.03. The van der Waals surface area contributed by atoms with Gasteiger partial charge in [0.25, 0.3) is 0 Å². The fourth-order valence-corrected chi connectivity index (χ4v) is 3.88. The number of anilines is 1.